The molecule has 1 amide bonds. The summed E-state index contributed by atoms with van der Waals surface area (Å²) in [4.78, 5) is 27.7. The predicted octanol–water partition coefficient (Wildman–Crippen LogP) is 2.03. The maximum absolute atomic E-state index is 12.6. The number of carbonyl (C=O) groups is 1. The molecule has 1 atom stereocenters. The molecule has 0 saturated carbocycles. The molecule has 3 rings (SSSR count). The van der Waals surface area contributed by atoms with Crippen LogP contribution >= 0.6 is 0 Å². The molecule has 7 heteroatoms. The van der Waals surface area contributed by atoms with Gasteiger partial charge in [0.15, 0.2) is 0 Å². The van der Waals surface area contributed by atoms with Crippen molar-refractivity contribution in [3.05, 3.63) is 41.6 Å². The topological polar surface area (TPSA) is 80.2 Å². The molecule has 0 bridgehead atoms. The number of carbonyl (C=O) groups excluding carboxylic acids is 1. The molecule has 1 aliphatic heterocycles. The van der Waals surface area contributed by atoms with Gasteiger partial charge in [-0.2, -0.15) is 0 Å². The van der Waals surface area contributed by atoms with Gasteiger partial charge in [-0.25, -0.2) is 4.98 Å². The standard InChI is InChI=1S/C19H25N5O2/c1-13-9-22-16(14(2)18(13)26-3)10-23-19(25)15-5-4-8-24(12-15)17-11-20-6-7-21-17/h6-7,9,11,15H,4-5,8,10,12H2,1-3H3,(H,23,25)/t15-/m0/s1. The van der Waals surface area contributed by atoms with Crippen LogP contribution in [0, 0.1) is 19.8 Å². The minimum atomic E-state index is -0.0570. The first-order valence-electron chi connectivity index (χ1n) is 8.88. The number of pyridine rings is 1. The van der Waals surface area contributed by atoms with Gasteiger partial charge in [-0.05, 0) is 26.7 Å². The van der Waals surface area contributed by atoms with E-state index in [-0.39, 0.29) is 11.8 Å². The van der Waals surface area contributed by atoms with Gasteiger partial charge in [-0.1, -0.05) is 0 Å². The molecule has 26 heavy (non-hydrogen) atoms. The second-order valence-corrected chi connectivity index (χ2v) is 6.61. The number of anilines is 1. The maximum atomic E-state index is 12.6. The molecule has 0 aromatic carbocycles. The summed E-state index contributed by atoms with van der Waals surface area (Å²) in [5.74, 6) is 1.65. The summed E-state index contributed by atoms with van der Waals surface area (Å²) in [6, 6.07) is 0. The van der Waals surface area contributed by atoms with Crippen LogP contribution in [0.5, 0.6) is 5.75 Å². The van der Waals surface area contributed by atoms with Crippen LogP contribution in [0.25, 0.3) is 0 Å². The first-order valence-corrected chi connectivity index (χ1v) is 8.88. The molecule has 2 aromatic heterocycles. The van der Waals surface area contributed by atoms with Gasteiger partial charge >= 0.3 is 0 Å². The molecule has 1 saturated heterocycles. The smallest absolute Gasteiger partial charge is 0.225 e. The molecule has 0 unspecified atom stereocenters. The van der Waals surface area contributed by atoms with E-state index in [4.69, 9.17) is 4.74 Å². The van der Waals surface area contributed by atoms with Gasteiger partial charge in [-0.3, -0.25) is 14.8 Å². The summed E-state index contributed by atoms with van der Waals surface area (Å²) >= 11 is 0. The molecule has 0 aliphatic carbocycles. The average molecular weight is 355 g/mol. The third-order valence-corrected chi connectivity index (χ3v) is 4.85. The van der Waals surface area contributed by atoms with E-state index in [2.05, 4.69) is 25.2 Å². The lowest BCUT2D eigenvalue weighted by Crippen LogP contribution is -2.43. The van der Waals surface area contributed by atoms with Crippen LogP contribution < -0.4 is 15.0 Å². The molecule has 138 valence electrons. The third-order valence-electron chi connectivity index (χ3n) is 4.85. The Kier molecular flexibility index (Phi) is 5.65. The van der Waals surface area contributed by atoms with E-state index in [1.165, 1.54) is 0 Å². The molecule has 1 N–H and O–H groups in total. The van der Waals surface area contributed by atoms with Crippen LogP contribution in [0.1, 0.15) is 29.7 Å². The number of hydrogen-bond donors (Lipinski definition) is 1. The summed E-state index contributed by atoms with van der Waals surface area (Å²) in [6.07, 6.45) is 8.70. The van der Waals surface area contributed by atoms with E-state index in [1.54, 1.807) is 31.9 Å². The highest BCUT2D eigenvalue weighted by molar-refractivity contribution is 5.79. The number of methoxy groups -OCH3 is 1. The predicted molar refractivity (Wildman–Crippen MR) is 99.1 cm³/mol. The van der Waals surface area contributed by atoms with Crippen LogP contribution in [0.4, 0.5) is 5.82 Å². The summed E-state index contributed by atoms with van der Waals surface area (Å²) in [5.41, 5.74) is 2.80. The molecule has 0 spiro atoms. The summed E-state index contributed by atoms with van der Waals surface area (Å²) in [6.45, 7) is 5.90. The lowest BCUT2D eigenvalue weighted by atomic mass is 9.97. The molecule has 7 nitrogen and oxygen atoms in total. The molecule has 2 aromatic rings. The Bertz CT molecular complexity index is 766. The van der Waals surface area contributed by atoms with Gasteiger partial charge < -0.3 is 15.0 Å². The third kappa shape index (κ3) is 3.92. The van der Waals surface area contributed by atoms with E-state index in [0.29, 0.717) is 13.1 Å². The Morgan fingerprint density at radius 3 is 2.88 bits per heavy atom. The molecule has 1 aliphatic rings. The fourth-order valence-electron chi connectivity index (χ4n) is 3.42. The van der Waals surface area contributed by atoms with Crippen LogP contribution in [0.15, 0.2) is 24.8 Å². The average Bonchev–Trinajstić information content (AvgIpc) is 2.68. The quantitative estimate of drug-likeness (QED) is 0.884. The molecular formula is C19H25N5O2. The Morgan fingerprint density at radius 2 is 2.15 bits per heavy atom. The zero-order valence-electron chi connectivity index (χ0n) is 15.5. The SMILES string of the molecule is COc1c(C)cnc(CNC(=O)[C@H]2CCCN(c3cnccn3)C2)c1C. The van der Waals surface area contributed by atoms with Gasteiger partial charge in [0, 0.05) is 42.8 Å². The van der Waals surface area contributed by atoms with Gasteiger partial charge in [0.1, 0.15) is 11.6 Å². The van der Waals surface area contributed by atoms with E-state index in [9.17, 15) is 4.79 Å². The normalized spacial score (nSPS) is 17.0. The maximum Gasteiger partial charge on any atom is 0.225 e. The molecule has 0 radical (unpaired) electrons. The van der Waals surface area contributed by atoms with Crippen molar-refractivity contribution in [2.75, 3.05) is 25.1 Å². The van der Waals surface area contributed by atoms with E-state index in [1.807, 2.05) is 13.8 Å². The van der Waals surface area contributed by atoms with Gasteiger partial charge in [-0.15, -0.1) is 0 Å². The molecule has 3 heterocycles. The number of rotatable bonds is 5. The summed E-state index contributed by atoms with van der Waals surface area (Å²) in [5, 5.41) is 3.03. The fourth-order valence-corrected chi connectivity index (χ4v) is 3.42. The van der Waals surface area contributed by atoms with Gasteiger partial charge in [0.25, 0.3) is 0 Å². The highest BCUT2D eigenvalue weighted by Crippen LogP contribution is 2.24. The van der Waals surface area contributed by atoms with Crippen LogP contribution in [0.3, 0.4) is 0 Å². The Hall–Kier alpha value is -2.70. The lowest BCUT2D eigenvalue weighted by Gasteiger charge is -2.32. The Balaban J connectivity index is 1.62. The van der Waals surface area contributed by atoms with Crippen molar-refractivity contribution in [1.29, 1.82) is 0 Å². The van der Waals surface area contributed by atoms with Crippen molar-refractivity contribution in [3.8, 4) is 5.75 Å². The first-order chi connectivity index (χ1) is 12.6. The van der Waals surface area contributed by atoms with E-state index < -0.39 is 0 Å². The van der Waals surface area contributed by atoms with Crippen LogP contribution in [-0.4, -0.2) is 41.1 Å². The Morgan fingerprint density at radius 1 is 1.31 bits per heavy atom. The van der Waals surface area contributed by atoms with Crippen LogP contribution in [0.2, 0.25) is 0 Å². The van der Waals surface area contributed by atoms with E-state index in [0.717, 1.165) is 47.8 Å². The van der Waals surface area contributed by atoms with Gasteiger partial charge in [0.2, 0.25) is 5.91 Å². The fraction of sp³-hybridized carbons (Fsp3) is 0.474. The second kappa shape index (κ2) is 8.12. The zero-order chi connectivity index (χ0) is 18.5. The number of aryl methyl sites for hydroxylation is 1. The number of nitrogens with one attached hydrogen (secondary N) is 1. The second-order valence-electron chi connectivity index (χ2n) is 6.61. The molecule has 1 fully saturated rings. The van der Waals surface area contributed by atoms with Crippen molar-refractivity contribution < 1.29 is 9.53 Å². The highest BCUT2D eigenvalue weighted by Gasteiger charge is 2.26. The number of amides is 1. The number of piperidine rings is 1. The number of ether oxygens (including phenoxy) is 1. The minimum absolute atomic E-state index is 0.0549. The van der Waals surface area contributed by atoms with Crippen molar-refractivity contribution in [3.63, 3.8) is 0 Å². The number of hydrogen-bond acceptors (Lipinski definition) is 6. The Labute approximate surface area is 153 Å². The zero-order valence-corrected chi connectivity index (χ0v) is 15.5. The van der Waals surface area contributed by atoms with Crippen molar-refractivity contribution in [1.82, 2.24) is 20.3 Å². The van der Waals surface area contributed by atoms with Crippen molar-refractivity contribution in [2.45, 2.75) is 33.2 Å². The monoisotopic (exact) mass is 355 g/mol. The van der Waals surface area contributed by atoms with Crippen molar-refractivity contribution >= 4 is 11.7 Å². The number of nitrogens with zero attached hydrogens (tertiary/aromatic N) is 4. The number of aromatic nitrogens is 3. The summed E-state index contributed by atoms with van der Waals surface area (Å²) < 4.78 is 5.43. The first kappa shape index (κ1) is 18.1. The lowest BCUT2D eigenvalue weighted by molar-refractivity contribution is -0.125. The van der Waals surface area contributed by atoms with Crippen LogP contribution in [-0.2, 0) is 11.3 Å². The van der Waals surface area contributed by atoms with E-state index >= 15 is 0 Å². The minimum Gasteiger partial charge on any atom is -0.496 e. The largest absolute Gasteiger partial charge is 0.496 e. The van der Waals surface area contributed by atoms with Gasteiger partial charge in [0.05, 0.1) is 31.5 Å². The summed E-state index contributed by atoms with van der Waals surface area (Å²) in [7, 11) is 1.65. The molecular weight excluding hydrogens is 330 g/mol. The highest BCUT2D eigenvalue weighted by atomic mass is 16.5. The van der Waals surface area contributed by atoms with Crippen molar-refractivity contribution in [2.24, 2.45) is 5.92 Å².